The largest absolute Gasteiger partial charge is 0.504 e. The Kier molecular flexibility index (Phi) is 22.6. The molecule has 1 rings (SSSR count). The zero-order valence-electron chi connectivity index (χ0n) is 27.3. The van der Waals surface area contributed by atoms with E-state index < -0.39 is 11.7 Å². The average molecular weight is 575 g/mol. The van der Waals surface area contributed by atoms with Crippen LogP contribution in [0, 0.1) is 0 Å². The van der Waals surface area contributed by atoms with Crippen molar-refractivity contribution < 1.29 is 20.1 Å². The van der Waals surface area contributed by atoms with Gasteiger partial charge >= 0.3 is 5.97 Å². The van der Waals surface area contributed by atoms with E-state index >= 15 is 0 Å². The van der Waals surface area contributed by atoms with Crippen LogP contribution in [0.2, 0.25) is 0 Å². The first kappa shape index (κ1) is 37.3. The van der Waals surface area contributed by atoms with Gasteiger partial charge in [-0.15, -0.1) is 0 Å². The number of rotatable bonds is 28. The summed E-state index contributed by atoms with van der Waals surface area (Å²) in [5.41, 5.74) is 2.57. The van der Waals surface area contributed by atoms with Gasteiger partial charge in [-0.1, -0.05) is 156 Å². The molecule has 0 radical (unpaired) electrons. The minimum Gasteiger partial charge on any atom is -0.504 e. The maximum absolute atomic E-state index is 12.3. The Morgan fingerprint density at radius 2 is 0.707 bits per heavy atom. The Bertz CT molecular complexity index is 801. The van der Waals surface area contributed by atoms with Gasteiger partial charge in [0.1, 0.15) is 5.56 Å². The number of unbranched alkanes of at least 4 members (excludes halogenated alkanes) is 21. The van der Waals surface area contributed by atoms with E-state index in [2.05, 4.69) is 20.8 Å². The molecule has 1 aromatic carbocycles. The summed E-state index contributed by atoms with van der Waals surface area (Å²) in [4.78, 5) is 12.3. The van der Waals surface area contributed by atoms with Gasteiger partial charge in [0.05, 0.1) is 0 Å². The molecule has 0 aromatic heterocycles. The Morgan fingerprint density at radius 1 is 0.415 bits per heavy atom. The number of phenolic OH excluding ortho intramolecular Hbond substituents is 1. The van der Waals surface area contributed by atoms with Gasteiger partial charge in [0.25, 0.3) is 0 Å². The third-order valence-corrected chi connectivity index (χ3v) is 8.83. The van der Waals surface area contributed by atoms with Crippen LogP contribution in [-0.2, 0) is 19.3 Å². The maximum Gasteiger partial charge on any atom is 0.339 e. The van der Waals surface area contributed by atoms with E-state index in [1.165, 1.54) is 116 Å². The number of carboxylic acid groups (broad SMARTS) is 1. The number of phenols is 2. The molecule has 1 aromatic rings. The molecule has 0 aliphatic heterocycles. The number of hydrogen-bond donors (Lipinski definition) is 3. The average Bonchev–Trinajstić information content (AvgIpc) is 2.96. The van der Waals surface area contributed by atoms with Crippen LogP contribution in [0.4, 0.5) is 0 Å². The van der Waals surface area contributed by atoms with Crippen LogP contribution in [0.1, 0.15) is 202 Å². The Labute approximate surface area is 253 Å². The third-order valence-electron chi connectivity index (χ3n) is 8.83. The number of hydrogen-bond acceptors (Lipinski definition) is 3. The van der Waals surface area contributed by atoms with Crippen molar-refractivity contribution in [3.05, 3.63) is 22.3 Å². The van der Waals surface area contributed by atoms with Crippen LogP contribution in [0.25, 0.3) is 0 Å². The zero-order valence-corrected chi connectivity index (χ0v) is 27.3. The van der Waals surface area contributed by atoms with Crippen LogP contribution in [-0.4, -0.2) is 21.3 Å². The highest BCUT2D eigenvalue weighted by Crippen LogP contribution is 2.41. The van der Waals surface area contributed by atoms with Crippen LogP contribution >= 0.6 is 0 Å². The predicted octanol–water partition coefficient (Wildman–Crippen LogP) is 11.8. The number of carbonyl (C=O) groups is 1. The van der Waals surface area contributed by atoms with E-state index in [-0.39, 0.29) is 11.3 Å². The van der Waals surface area contributed by atoms with Gasteiger partial charge in [0.2, 0.25) is 0 Å². The van der Waals surface area contributed by atoms with Crippen LogP contribution in [0.3, 0.4) is 0 Å². The normalized spacial score (nSPS) is 11.4. The quantitative estimate of drug-likeness (QED) is 0.0687. The van der Waals surface area contributed by atoms with Crippen molar-refractivity contribution in [2.24, 2.45) is 0 Å². The van der Waals surface area contributed by atoms with E-state index in [1.54, 1.807) is 0 Å². The Morgan fingerprint density at radius 3 is 1.05 bits per heavy atom. The smallest absolute Gasteiger partial charge is 0.339 e. The summed E-state index contributed by atoms with van der Waals surface area (Å²) >= 11 is 0. The topological polar surface area (TPSA) is 77.8 Å². The molecule has 0 atom stereocenters. The number of aromatic hydroxyl groups is 2. The van der Waals surface area contributed by atoms with E-state index in [0.717, 1.165) is 61.6 Å². The molecule has 0 saturated carbocycles. The van der Waals surface area contributed by atoms with Gasteiger partial charge in [0, 0.05) is 5.56 Å². The Balaban J connectivity index is 2.95. The van der Waals surface area contributed by atoms with Crippen molar-refractivity contribution in [1.82, 2.24) is 0 Å². The highest BCUT2D eigenvalue weighted by molar-refractivity contribution is 5.94. The van der Waals surface area contributed by atoms with Crippen LogP contribution < -0.4 is 0 Å². The van der Waals surface area contributed by atoms with Gasteiger partial charge in [-0.05, 0) is 49.7 Å². The van der Waals surface area contributed by atoms with Gasteiger partial charge in [-0.25, -0.2) is 4.79 Å². The minimum absolute atomic E-state index is 0.0558. The fourth-order valence-electron chi connectivity index (χ4n) is 6.26. The fraction of sp³-hybridized carbons (Fsp3) is 0.811. The summed E-state index contributed by atoms with van der Waals surface area (Å²) in [6.45, 7) is 6.72. The first-order chi connectivity index (χ1) is 20.0. The number of benzene rings is 1. The van der Waals surface area contributed by atoms with Gasteiger partial charge in [-0.3, -0.25) is 0 Å². The third kappa shape index (κ3) is 15.9. The summed E-state index contributed by atoms with van der Waals surface area (Å²) in [6.07, 6.45) is 31.2. The number of aromatic carboxylic acids is 1. The first-order valence-electron chi connectivity index (χ1n) is 17.8. The molecular formula is C37H66O4. The second-order valence-corrected chi connectivity index (χ2v) is 12.5. The molecular weight excluding hydrogens is 508 g/mol. The van der Waals surface area contributed by atoms with E-state index in [0.29, 0.717) is 12.8 Å². The maximum atomic E-state index is 12.3. The monoisotopic (exact) mass is 574 g/mol. The summed E-state index contributed by atoms with van der Waals surface area (Å²) in [5.74, 6) is -1.72. The fourth-order valence-corrected chi connectivity index (χ4v) is 6.26. The molecule has 0 fully saturated rings. The summed E-state index contributed by atoms with van der Waals surface area (Å²) in [5, 5.41) is 32.0. The predicted molar refractivity (Wildman–Crippen MR) is 176 cm³/mol. The summed E-state index contributed by atoms with van der Waals surface area (Å²) < 4.78 is 0. The summed E-state index contributed by atoms with van der Waals surface area (Å²) in [7, 11) is 0. The van der Waals surface area contributed by atoms with Gasteiger partial charge in [0.15, 0.2) is 11.5 Å². The molecule has 41 heavy (non-hydrogen) atoms. The van der Waals surface area contributed by atoms with Crippen LogP contribution in [0.15, 0.2) is 0 Å². The molecule has 0 spiro atoms. The molecule has 0 aliphatic carbocycles. The molecule has 0 saturated heterocycles. The lowest BCUT2D eigenvalue weighted by Gasteiger charge is -2.21. The molecule has 4 nitrogen and oxygen atoms in total. The molecule has 0 bridgehead atoms. The second-order valence-electron chi connectivity index (χ2n) is 12.5. The van der Waals surface area contributed by atoms with Crippen molar-refractivity contribution in [2.75, 3.05) is 0 Å². The molecule has 0 aliphatic rings. The second kappa shape index (κ2) is 24.8. The van der Waals surface area contributed by atoms with Crippen molar-refractivity contribution in [1.29, 1.82) is 0 Å². The number of carboxylic acids is 1. The Hall–Kier alpha value is -1.71. The van der Waals surface area contributed by atoms with Gasteiger partial charge < -0.3 is 15.3 Å². The van der Waals surface area contributed by atoms with Crippen molar-refractivity contribution >= 4 is 5.97 Å². The first-order valence-corrected chi connectivity index (χ1v) is 17.8. The van der Waals surface area contributed by atoms with Crippen molar-refractivity contribution in [3.8, 4) is 11.5 Å². The van der Waals surface area contributed by atoms with E-state index in [1.807, 2.05) is 0 Å². The van der Waals surface area contributed by atoms with Crippen molar-refractivity contribution in [3.63, 3.8) is 0 Å². The van der Waals surface area contributed by atoms with Crippen LogP contribution in [0.5, 0.6) is 11.5 Å². The highest BCUT2D eigenvalue weighted by atomic mass is 16.4. The van der Waals surface area contributed by atoms with Gasteiger partial charge in [-0.2, -0.15) is 0 Å². The summed E-state index contributed by atoms with van der Waals surface area (Å²) in [6, 6.07) is 0. The molecule has 3 N–H and O–H groups in total. The standard InChI is InChI=1S/C37H66O4/c1-4-7-10-13-16-19-22-25-28-31-32(29-26-23-20-17-14-11-8-5-2)34(37(40)41)36(39)35(38)33(31)30-27-24-21-18-15-12-9-6-3/h38-39H,4-30H2,1-3H3,(H,40,41). The zero-order chi connectivity index (χ0) is 30.1. The highest BCUT2D eigenvalue weighted by Gasteiger charge is 2.26. The van der Waals surface area contributed by atoms with E-state index in [4.69, 9.17) is 0 Å². The van der Waals surface area contributed by atoms with Crippen molar-refractivity contribution in [2.45, 2.75) is 194 Å². The SMILES string of the molecule is CCCCCCCCCCc1c(O)c(O)c(C(=O)O)c(CCCCCCCCCC)c1CCCCCCCCCC. The molecule has 0 unspecified atom stereocenters. The molecule has 238 valence electrons. The molecule has 0 amide bonds. The lowest BCUT2D eigenvalue weighted by Crippen LogP contribution is -2.11. The lowest BCUT2D eigenvalue weighted by molar-refractivity contribution is 0.0691. The van der Waals surface area contributed by atoms with E-state index in [9.17, 15) is 20.1 Å². The lowest BCUT2D eigenvalue weighted by atomic mass is 9.85. The molecule has 4 heteroatoms. The molecule has 0 heterocycles. The minimum atomic E-state index is -1.12.